The maximum Gasteiger partial charge on any atom is 0.137 e. The number of rotatable bonds is 3. The van der Waals surface area contributed by atoms with Crippen LogP contribution in [-0.4, -0.2) is 40.7 Å². The summed E-state index contributed by atoms with van der Waals surface area (Å²) < 4.78 is 13.6. The molecule has 0 unspecified atom stereocenters. The Labute approximate surface area is 125 Å². The number of nitrogens with zero attached hydrogens (tertiary/aromatic N) is 3. The molecule has 0 aliphatic carbocycles. The third-order valence-electron chi connectivity index (χ3n) is 3.11. The van der Waals surface area contributed by atoms with Crippen molar-refractivity contribution in [2.45, 2.75) is 12.6 Å². The van der Waals surface area contributed by atoms with Gasteiger partial charge in [0.1, 0.15) is 11.9 Å². The lowest BCUT2D eigenvalue weighted by Gasteiger charge is -2.22. The van der Waals surface area contributed by atoms with E-state index >= 15 is 0 Å². The van der Waals surface area contributed by atoms with E-state index in [0.29, 0.717) is 32.2 Å². The van der Waals surface area contributed by atoms with Crippen molar-refractivity contribution in [1.82, 2.24) is 14.8 Å². The van der Waals surface area contributed by atoms with E-state index in [1.807, 2.05) is 23.1 Å². The quantitative estimate of drug-likeness (QED) is 0.921. The zero-order valence-corrected chi connectivity index (χ0v) is 12.4. The minimum atomic E-state index is 0.0628. The molecule has 20 heavy (non-hydrogen) atoms. The zero-order valence-electron chi connectivity index (χ0n) is 10.8. The predicted molar refractivity (Wildman–Crippen MR) is 78.1 cm³/mol. The molecule has 1 aliphatic heterocycles. The molecule has 2 aromatic rings. The van der Waals surface area contributed by atoms with Crippen LogP contribution in [0.5, 0.6) is 0 Å². The second kappa shape index (κ2) is 5.90. The molecule has 1 fully saturated rings. The molecule has 0 spiro atoms. The first-order valence-corrected chi connectivity index (χ1v) is 7.15. The summed E-state index contributed by atoms with van der Waals surface area (Å²) in [4.78, 5) is 4.13. The smallest absolute Gasteiger partial charge is 0.137 e. The molecule has 6 nitrogen and oxygen atoms in total. The molecule has 0 bridgehead atoms. The van der Waals surface area contributed by atoms with Crippen molar-refractivity contribution >= 4 is 21.7 Å². The number of nitrogens with two attached hydrogens (primary N) is 1. The van der Waals surface area contributed by atoms with Crippen LogP contribution in [0.25, 0.3) is 11.1 Å². The summed E-state index contributed by atoms with van der Waals surface area (Å²) in [6, 6.07) is 1.93. The highest BCUT2D eigenvalue weighted by atomic mass is 79.9. The summed E-state index contributed by atoms with van der Waals surface area (Å²) in [5.74, 6) is 0.480. The van der Waals surface area contributed by atoms with Crippen molar-refractivity contribution in [3.63, 3.8) is 0 Å². The van der Waals surface area contributed by atoms with Crippen molar-refractivity contribution in [3.05, 3.63) is 29.1 Å². The molecule has 0 radical (unpaired) electrons. The van der Waals surface area contributed by atoms with Crippen LogP contribution >= 0.6 is 15.9 Å². The van der Waals surface area contributed by atoms with Gasteiger partial charge in [-0.1, -0.05) is 0 Å². The third kappa shape index (κ3) is 3.00. The van der Waals surface area contributed by atoms with Crippen LogP contribution in [-0.2, 0) is 16.0 Å². The molecular formula is C13H15BrN4O2. The number of nitrogen functional groups attached to an aromatic ring is 1. The summed E-state index contributed by atoms with van der Waals surface area (Å²) in [6.07, 6.45) is 5.58. The lowest BCUT2D eigenvalue weighted by atomic mass is 10.2. The van der Waals surface area contributed by atoms with Crippen molar-refractivity contribution in [2.24, 2.45) is 0 Å². The Morgan fingerprint density at radius 1 is 1.35 bits per heavy atom. The molecule has 0 amide bonds. The van der Waals surface area contributed by atoms with Gasteiger partial charge in [0, 0.05) is 23.5 Å². The van der Waals surface area contributed by atoms with Crippen LogP contribution in [0.1, 0.15) is 0 Å². The van der Waals surface area contributed by atoms with Crippen molar-refractivity contribution in [3.8, 4) is 11.1 Å². The van der Waals surface area contributed by atoms with Gasteiger partial charge in [-0.2, -0.15) is 5.10 Å². The van der Waals surface area contributed by atoms with Gasteiger partial charge in [-0.15, -0.1) is 0 Å². The molecule has 2 N–H and O–H groups in total. The van der Waals surface area contributed by atoms with Gasteiger partial charge in [-0.05, 0) is 22.0 Å². The van der Waals surface area contributed by atoms with Crippen LogP contribution in [0.2, 0.25) is 0 Å². The van der Waals surface area contributed by atoms with Crippen molar-refractivity contribution in [1.29, 1.82) is 0 Å². The van der Waals surface area contributed by atoms with Gasteiger partial charge in [-0.25, -0.2) is 4.98 Å². The Bertz CT molecular complexity index is 596. The highest BCUT2D eigenvalue weighted by Crippen LogP contribution is 2.25. The summed E-state index contributed by atoms with van der Waals surface area (Å²) in [5.41, 5.74) is 7.65. The fourth-order valence-corrected chi connectivity index (χ4v) is 2.42. The molecule has 1 atom stereocenters. The molecule has 1 aliphatic rings. The molecule has 1 saturated heterocycles. The summed E-state index contributed by atoms with van der Waals surface area (Å²) >= 11 is 3.38. The Morgan fingerprint density at radius 3 is 3.00 bits per heavy atom. The molecular weight excluding hydrogens is 324 g/mol. The fraction of sp³-hybridized carbons (Fsp3) is 0.385. The number of halogens is 1. The largest absolute Gasteiger partial charge is 0.383 e. The first kappa shape index (κ1) is 13.5. The highest BCUT2D eigenvalue weighted by molar-refractivity contribution is 9.10. The summed E-state index contributed by atoms with van der Waals surface area (Å²) in [7, 11) is 0. The van der Waals surface area contributed by atoms with E-state index in [-0.39, 0.29) is 6.10 Å². The van der Waals surface area contributed by atoms with Gasteiger partial charge < -0.3 is 15.2 Å². The maximum absolute atomic E-state index is 5.69. The number of aromatic nitrogens is 3. The van der Waals surface area contributed by atoms with E-state index in [4.69, 9.17) is 15.2 Å². The van der Waals surface area contributed by atoms with Crippen LogP contribution in [0.15, 0.2) is 29.1 Å². The summed E-state index contributed by atoms with van der Waals surface area (Å²) in [5, 5.41) is 4.35. The lowest BCUT2D eigenvalue weighted by Crippen LogP contribution is -2.32. The van der Waals surface area contributed by atoms with Crippen LogP contribution in [0, 0.1) is 0 Å². The van der Waals surface area contributed by atoms with Gasteiger partial charge in [0.05, 0.1) is 37.0 Å². The molecule has 0 saturated carbocycles. The molecule has 2 aromatic heterocycles. The van der Waals surface area contributed by atoms with E-state index in [0.717, 1.165) is 15.6 Å². The maximum atomic E-state index is 5.69. The third-order valence-corrected chi connectivity index (χ3v) is 3.75. The first-order chi connectivity index (χ1) is 9.72. The second-order valence-electron chi connectivity index (χ2n) is 4.61. The van der Waals surface area contributed by atoms with E-state index in [1.54, 1.807) is 6.20 Å². The second-order valence-corrected chi connectivity index (χ2v) is 5.46. The standard InChI is InChI=1S/C13H15BrN4O2/c14-12-3-9(4-16-13(12)15)10-5-17-18(6-10)7-11-8-19-1-2-20-11/h3-6,11H,1-2,7-8H2,(H2,15,16)/t11-/m0/s1. The number of anilines is 1. The van der Waals surface area contributed by atoms with Gasteiger partial charge in [0.15, 0.2) is 0 Å². The fourth-order valence-electron chi connectivity index (χ4n) is 2.07. The van der Waals surface area contributed by atoms with Crippen molar-refractivity contribution in [2.75, 3.05) is 25.6 Å². The van der Waals surface area contributed by atoms with E-state index < -0.39 is 0 Å². The summed E-state index contributed by atoms with van der Waals surface area (Å²) in [6.45, 7) is 2.62. The highest BCUT2D eigenvalue weighted by Gasteiger charge is 2.15. The molecule has 3 heterocycles. The SMILES string of the molecule is Nc1ncc(-c2cnn(C[C@H]3COCCO3)c2)cc1Br. The van der Waals surface area contributed by atoms with Crippen LogP contribution in [0.4, 0.5) is 5.82 Å². The van der Waals surface area contributed by atoms with Gasteiger partial charge >= 0.3 is 0 Å². The number of pyridine rings is 1. The first-order valence-electron chi connectivity index (χ1n) is 6.35. The Morgan fingerprint density at radius 2 is 2.25 bits per heavy atom. The number of hydrogen-bond donors (Lipinski definition) is 1. The number of ether oxygens (including phenoxy) is 2. The predicted octanol–water partition coefficient (Wildman–Crippen LogP) is 1.71. The molecule has 106 valence electrons. The van der Waals surface area contributed by atoms with Gasteiger partial charge in [0.25, 0.3) is 0 Å². The Hall–Kier alpha value is -1.44. The average Bonchev–Trinajstić information content (AvgIpc) is 2.91. The topological polar surface area (TPSA) is 75.2 Å². The van der Waals surface area contributed by atoms with Crippen LogP contribution in [0.3, 0.4) is 0 Å². The molecule has 0 aromatic carbocycles. The van der Waals surface area contributed by atoms with E-state index in [1.165, 1.54) is 0 Å². The monoisotopic (exact) mass is 338 g/mol. The number of hydrogen-bond acceptors (Lipinski definition) is 5. The average molecular weight is 339 g/mol. The van der Waals surface area contributed by atoms with E-state index in [9.17, 15) is 0 Å². The normalized spacial score (nSPS) is 19.1. The zero-order chi connectivity index (χ0) is 13.9. The van der Waals surface area contributed by atoms with Crippen LogP contribution < -0.4 is 5.73 Å². The molecule has 3 rings (SSSR count). The Balaban J connectivity index is 1.73. The van der Waals surface area contributed by atoms with Gasteiger partial charge in [0.2, 0.25) is 0 Å². The lowest BCUT2D eigenvalue weighted by molar-refractivity contribution is -0.0946. The van der Waals surface area contributed by atoms with Gasteiger partial charge in [-0.3, -0.25) is 4.68 Å². The minimum absolute atomic E-state index is 0.0628. The van der Waals surface area contributed by atoms with E-state index in [2.05, 4.69) is 26.0 Å². The van der Waals surface area contributed by atoms with Crippen molar-refractivity contribution < 1.29 is 9.47 Å². The minimum Gasteiger partial charge on any atom is -0.383 e. The Kier molecular flexibility index (Phi) is 4.00. The molecule has 7 heteroatoms.